The van der Waals surface area contributed by atoms with Gasteiger partial charge in [0.1, 0.15) is 11.9 Å². The van der Waals surface area contributed by atoms with Crippen LogP contribution in [0.3, 0.4) is 0 Å². The van der Waals surface area contributed by atoms with Gasteiger partial charge in [-0.2, -0.15) is 0 Å². The molecule has 0 spiro atoms. The summed E-state index contributed by atoms with van der Waals surface area (Å²) in [5, 5.41) is 2.70. The number of halogens is 1. The van der Waals surface area contributed by atoms with Crippen LogP contribution in [0.2, 0.25) is 0 Å². The van der Waals surface area contributed by atoms with Gasteiger partial charge in [-0.1, -0.05) is 31.0 Å². The summed E-state index contributed by atoms with van der Waals surface area (Å²) in [7, 11) is 0. The summed E-state index contributed by atoms with van der Waals surface area (Å²) >= 11 is 0. The fourth-order valence-electron chi connectivity index (χ4n) is 4.52. The normalized spacial score (nSPS) is 19.1. The van der Waals surface area contributed by atoms with E-state index in [1.807, 2.05) is 28.8 Å². The number of carbonyl (C=O) groups excluding carboxylic acids is 2. The third kappa shape index (κ3) is 3.06. The zero-order chi connectivity index (χ0) is 20.0. The molecule has 1 saturated carbocycles. The molecule has 0 saturated heterocycles. The van der Waals surface area contributed by atoms with Crippen LogP contribution in [0.5, 0.6) is 0 Å². The molecule has 3 aromatic rings. The van der Waals surface area contributed by atoms with Crippen LogP contribution >= 0.6 is 0 Å². The largest absolute Gasteiger partial charge is 0.326 e. The van der Waals surface area contributed by atoms with Crippen molar-refractivity contribution in [2.24, 2.45) is 0 Å². The molecule has 2 aliphatic rings. The van der Waals surface area contributed by atoms with Gasteiger partial charge in [-0.15, -0.1) is 0 Å². The molecule has 29 heavy (non-hydrogen) atoms. The number of aromatic nitrogens is 2. The van der Waals surface area contributed by atoms with E-state index in [1.165, 1.54) is 18.2 Å². The fourth-order valence-corrected chi connectivity index (χ4v) is 4.52. The highest BCUT2D eigenvalue weighted by Crippen LogP contribution is 2.40. The smallest absolute Gasteiger partial charge is 0.253 e. The molecule has 1 aliphatic heterocycles. The minimum absolute atomic E-state index is 0.0219. The van der Waals surface area contributed by atoms with E-state index in [1.54, 1.807) is 11.0 Å². The topological polar surface area (TPSA) is 67.2 Å². The van der Waals surface area contributed by atoms with Gasteiger partial charge in [-0.3, -0.25) is 19.1 Å². The lowest BCUT2D eigenvalue weighted by Crippen LogP contribution is -2.38. The zero-order valence-corrected chi connectivity index (χ0v) is 15.8. The van der Waals surface area contributed by atoms with Gasteiger partial charge in [-0.05, 0) is 43.2 Å². The molecule has 5 rings (SSSR count). The van der Waals surface area contributed by atoms with Crippen molar-refractivity contribution in [1.29, 1.82) is 0 Å². The van der Waals surface area contributed by atoms with E-state index < -0.39 is 11.9 Å². The maximum atomic E-state index is 13.4. The highest BCUT2D eigenvalue weighted by molar-refractivity contribution is 6.05. The van der Waals surface area contributed by atoms with E-state index in [0.717, 1.165) is 36.7 Å². The van der Waals surface area contributed by atoms with E-state index in [4.69, 9.17) is 4.98 Å². The summed E-state index contributed by atoms with van der Waals surface area (Å²) in [6.07, 6.45) is 4.08. The summed E-state index contributed by atoms with van der Waals surface area (Å²) in [4.78, 5) is 32.5. The Balaban J connectivity index is 1.48. The number of nitrogens with zero attached hydrogens (tertiary/aromatic N) is 3. The predicted molar refractivity (Wildman–Crippen MR) is 108 cm³/mol. The molecule has 1 unspecified atom stereocenters. The minimum atomic E-state index is -0.647. The summed E-state index contributed by atoms with van der Waals surface area (Å²) in [5.41, 5.74) is 2.04. The molecule has 1 fully saturated rings. The van der Waals surface area contributed by atoms with Crippen molar-refractivity contribution in [1.82, 2.24) is 9.55 Å². The third-order valence-corrected chi connectivity index (χ3v) is 5.80. The first-order valence-electron chi connectivity index (χ1n) is 9.97. The minimum Gasteiger partial charge on any atom is -0.326 e. The van der Waals surface area contributed by atoms with Gasteiger partial charge >= 0.3 is 0 Å². The number of nitrogens with one attached hydrogen (secondary N) is 1. The molecule has 1 atom stereocenters. The van der Waals surface area contributed by atoms with Crippen LogP contribution in [-0.4, -0.2) is 27.4 Å². The van der Waals surface area contributed by atoms with Gasteiger partial charge in [0.15, 0.2) is 0 Å². The molecular weight excluding hydrogens is 371 g/mol. The highest BCUT2D eigenvalue weighted by Gasteiger charge is 2.44. The Morgan fingerprint density at radius 1 is 1.14 bits per heavy atom. The quantitative estimate of drug-likeness (QED) is 0.729. The standard InChI is InChI=1S/C22H21FN4O2/c23-14-6-5-7-15(12-14)24-20(28)13-19-21(29)26(16-8-1-2-9-16)22-25-17-10-3-4-11-18(17)27(19)22/h3-7,10-12,16,19H,1-2,8-9,13H2,(H,24,28). The number of carbonyl (C=O) groups is 2. The van der Waals surface area contributed by atoms with Crippen LogP contribution in [0, 0.1) is 5.82 Å². The summed E-state index contributed by atoms with van der Waals surface area (Å²) < 4.78 is 15.3. The van der Waals surface area contributed by atoms with E-state index >= 15 is 0 Å². The van der Waals surface area contributed by atoms with Crippen LogP contribution < -0.4 is 10.2 Å². The van der Waals surface area contributed by atoms with E-state index in [2.05, 4.69) is 5.32 Å². The van der Waals surface area contributed by atoms with Crippen molar-refractivity contribution in [3.63, 3.8) is 0 Å². The molecule has 0 bridgehead atoms. The van der Waals surface area contributed by atoms with Crippen molar-refractivity contribution in [3.8, 4) is 0 Å². The number of anilines is 2. The molecule has 2 aromatic carbocycles. The number of rotatable bonds is 4. The van der Waals surface area contributed by atoms with Gasteiger partial charge in [0.2, 0.25) is 11.9 Å². The molecule has 2 heterocycles. The second-order valence-electron chi connectivity index (χ2n) is 7.70. The number of imidazole rings is 1. The molecule has 7 heteroatoms. The van der Waals surface area contributed by atoms with Crippen LogP contribution in [0.25, 0.3) is 11.0 Å². The molecule has 1 N–H and O–H groups in total. The van der Waals surface area contributed by atoms with Gasteiger partial charge in [-0.25, -0.2) is 9.37 Å². The number of fused-ring (bicyclic) bond motifs is 3. The van der Waals surface area contributed by atoms with Crippen molar-refractivity contribution in [2.45, 2.75) is 44.2 Å². The predicted octanol–water partition coefficient (Wildman–Crippen LogP) is 4.03. The number of para-hydroxylation sites is 2. The Bertz CT molecular complexity index is 1100. The number of benzene rings is 2. The number of amides is 2. The first-order valence-corrected chi connectivity index (χ1v) is 9.97. The molecule has 6 nitrogen and oxygen atoms in total. The third-order valence-electron chi connectivity index (χ3n) is 5.80. The number of hydrogen-bond donors (Lipinski definition) is 1. The summed E-state index contributed by atoms with van der Waals surface area (Å²) in [6.45, 7) is 0. The molecular formula is C22H21FN4O2. The van der Waals surface area contributed by atoms with Crippen LogP contribution in [0.1, 0.15) is 38.1 Å². The average molecular weight is 392 g/mol. The Morgan fingerprint density at radius 3 is 2.72 bits per heavy atom. The SMILES string of the molecule is O=C(CC1C(=O)N(C2CCCC2)c2nc3ccccc3n21)Nc1cccc(F)c1. The summed E-state index contributed by atoms with van der Waals surface area (Å²) in [6, 6.07) is 12.9. The molecule has 1 aliphatic carbocycles. The maximum Gasteiger partial charge on any atom is 0.253 e. The first-order chi connectivity index (χ1) is 14.1. The van der Waals surface area contributed by atoms with Crippen molar-refractivity contribution in [3.05, 3.63) is 54.3 Å². The van der Waals surface area contributed by atoms with Crippen LogP contribution in [-0.2, 0) is 9.59 Å². The molecule has 1 aromatic heterocycles. The first kappa shape index (κ1) is 17.8. The lowest BCUT2D eigenvalue weighted by molar-refractivity contribution is -0.125. The van der Waals surface area contributed by atoms with Crippen molar-refractivity contribution >= 4 is 34.5 Å². The van der Waals surface area contributed by atoms with Crippen molar-refractivity contribution < 1.29 is 14.0 Å². The van der Waals surface area contributed by atoms with Gasteiger partial charge in [0, 0.05) is 11.7 Å². The Kier molecular flexibility index (Phi) is 4.30. The fraction of sp³-hybridized carbons (Fsp3) is 0.318. The van der Waals surface area contributed by atoms with Gasteiger partial charge < -0.3 is 5.32 Å². The van der Waals surface area contributed by atoms with E-state index in [-0.39, 0.29) is 24.3 Å². The number of hydrogen-bond acceptors (Lipinski definition) is 3. The van der Waals surface area contributed by atoms with Gasteiger partial charge in [0.05, 0.1) is 17.5 Å². The summed E-state index contributed by atoms with van der Waals surface area (Å²) in [5.74, 6) is -0.202. The van der Waals surface area contributed by atoms with Gasteiger partial charge in [0.25, 0.3) is 5.91 Å². The highest BCUT2D eigenvalue weighted by atomic mass is 19.1. The molecule has 0 radical (unpaired) electrons. The monoisotopic (exact) mass is 392 g/mol. The van der Waals surface area contributed by atoms with E-state index in [0.29, 0.717) is 11.6 Å². The Morgan fingerprint density at radius 2 is 1.93 bits per heavy atom. The zero-order valence-electron chi connectivity index (χ0n) is 15.8. The lowest BCUT2D eigenvalue weighted by Gasteiger charge is -2.22. The Labute approximate surface area is 167 Å². The second kappa shape index (κ2) is 6.99. The average Bonchev–Trinajstić information content (AvgIpc) is 3.39. The second-order valence-corrected chi connectivity index (χ2v) is 7.70. The van der Waals surface area contributed by atoms with Crippen molar-refractivity contribution in [2.75, 3.05) is 10.2 Å². The van der Waals surface area contributed by atoms with Crippen LogP contribution in [0.4, 0.5) is 16.0 Å². The maximum absolute atomic E-state index is 13.4. The molecule has 2 amide bonds. The molecule has 148 valence electrons. The Hall–Kier alpha value is -3.22. The lowest BCUT2D eigenvalue weighted by atomic mass is 10.1. The van der Waals surface area contributed by atoms with Crippen LogP contribution in [0.15, 0.2) is 48.5 Å². The van der Waals surface area contributed by atoms with E-state index in [9.17, 15) is 14.0 Å².